The molecule has 0 heterocycles. The maximum absolute atomic E-state index is 11.8. The molecule has 0 amide bonds. The van der Waals surface area contributed by atoms with Crippen LogP contribution in [0.2, 0.25) is 0 Å². The maximum Gasteiger partial charge on any atom is 0.296 e. The van der Waals surface area contributed by atoms with E-state index in [0.29, 0.717) is 16.5 Å². The highest BCUT2D eigenvalue weighted by Gasteiger charge is 2.22. The van der Waals surface area contributed by atoms with Crippen molar-refractivity contribution in [3.63, 3.8) is 0 Å². The Morgan fingerprint density at radius 1 is 1.30 bits per heavy atom. The van der Waals surface area contributed by atoms with Crippen LogP contribution in [0, 0.1) is 0 Å². The van der Waals surface area contributed by atoms with Crippen LogP contribution < -0.4 is 5.32 Å². The zero-order valence-corrected chi connectivity index (χ0v) is 15.5. The summed E-state index contributed by atoms with van der Waals surface area (Å²) in [5.74, 6) is -0.871. The third-order valence-electron chi connectivity index (χ3n) is 3.62. The first kappa shape index (κ1) is 20.1. The number of benzene rings is 2. The summed E-state index contributed by atoms with van der Waals surface area (Å²) in [5, 5.41) is 31.1. The fraction of sp³-hybridized carbons (Fsp3) is 0.111. The molecule has 0 aliphatic heterocycles. The lowest BCUT2D eigenvalue weighted by atomic mass is 10.1. The number of phenolic OH excluding ortho intramolecular Hbond substituents is 1. The number of allylic oxidation sites excluding steroid dienone is 3. The van der Waals surface area contributed by atoms with Crippen LogP contribution in [0.4, 0.5) is 11.4 Å². The average molecular weight is 389 g/mol. The van der Waals surface area contributed by atoms with Gasteiger partial charge in [-0.05, 0) is 42.7 Å². The molecule has 8 nitrogen and oxygen atoms in total. The normalized spacial score (nSPS) is 12.9. The Hall–Kier alpha value is -3.17. The minimum absolute atomic E-state index is 0.0422. The number of hydrogen-bond donors (Lipinski definition) is 4. The topological polar surface area (TPSA) is 132 Å². The first-order chi connectivity index (χ1) is 12.7. The van der Waals surface area contributed by atoms with Gasteiger partial charge in [-0.15, -0.1) is 10.2 Å². The average Bonchev–Trinajstić information content (AvgIpc) is 2.61. The third-order valence-corrected chi connectivity index (χ3v) is 4.48. The molecule has 0 aliphatic rings. The molecule has 142 valence electrons. The van der Waals surface area contributed by atoms with Crippen molar-refractivity contribution in [1.82, 2.24) is 0 Å². The highest BCUT2D eigenvalue weighted by atomic mass is 32.2. The molecule has 2 aromatic rings. The van der Waals surface area contributed by atoms with Gasteiger partial charge in [0.2, 0.25) is 0 Å². The van der Waals surface area contributed by atoms with Crippen LogP contribution in [-0.2, 0) is 10.1 Å². The van der Waals surface area contributed by atoms with Crippen molar-refractivity contribution >= 4 is 32.3 Å². The molecular weight excluding hydrogens is 370 g/mol. The van der Waals surface area contributed by atoms with Crippen molar-refractivity contribution in [3.05, 3.63) is 60.5 Å². The molecule has 0 aromatic heterocycles. The van der Waals surface area contributed by atoms with Gasteiger partial charge in [-0.2, -0.15) is 8.42 Å². The van der Waals surface area contributed by atoms with Gasteiger partial charge in [-0.25, -0.2) is 0 Å². The number of hydrogen-bond acceptors (Lipinski definition) is 7. The molecular formula is C18H19N3O5S. The molecule has 0 saturated heterocycles. The van der Waals surface area contributed by atoms with E-state index in [4.69, 9.17) is 0 Å². The fourth-order valence-electron chi connectivity index (χ4n) is 2.28. The highest BCUT2D eigenvalue weighted by molar-refractivity contribution is 7.86. The van der Waals surface area contributed by atoms with Crippen molar-refractivity contribution in [2.45, 2.75) is 11.8 Å². The quantitative estimate of drug-likeness (QED) is 0.250. The van der Waals surface area contributed by atoms with Gasteiger partial charge in [0, 0.05) is 18.1 Å². The van der Waals surface area contributed by atoms with E-state index in [9.17, 15) is 23.2 Å². The van der Waals surface area contributed by atoms with E-state index in [1.165, 1.54) is 12.1 Å². The van der Waals surface area contributed by atoms with Crippen LogP contribution in [0.1, 0.15) is 6.92 Å². The van der Waals surface area contributed by atoms with Crippen molar-refractivity contribution in [1.29, 1.82) is 0 Å². The maximum atomic E-state index is 11.8. The molecule has 4 N–H and O–H groups in total. The minimum atomic E-state index is -4.70. The van der Waals surface area contributed by atoms with Gasteiger partial charge in [0.15, 0.2) is 5.75 Å². The van der Waals surface area contributed by atoms with Gasteiger partial charge in [-0.1, -0.05) is 18.7 Å². The number of rotatable bonds is 6. The van der Waals surface area contributed by atoms with Gasteiger partial charge in [-0.3, -0.25) is 4.55 Å². The number of aliphatic hydroxyl groups excluding tert-OH is 1. The van der Waals surface area contributed by atoms with Crippen LogP contribution in [0.25, 0.3) is 10.8 Å². The van der Waals surface area contributed by atoms with E-state index in [0.717, 1.165) is 0 Å². The summed E-state index contributed by atoms with van der Waals surface area (Å²) in [5.41, 5.74) is 0.194. The number of phenols is 1. The number of azo groups is 1. The van der Waals surface area contributed by atoms with Crippen LogP contribution in [-0.4, -0.2) is 30.2 Å². The van der Waals surface area contributed by atoms with E-state index in [-0.39, 0.29) is 5.70 Å². The summed E-state index contributed by atoms with van der Waals surface area (Å²) in [7, 11) is -3.02. The smallest absolute Gasteiger partial charge is 0.296 e. The Morgan fingerprint density at radius 3 is 2.56 bits per heavy atom. The monoisotopic (exact) mass is 389 g/mol. The third kappa shape index (κ3) is 4.52. The molecule has 0 radical (unpaired) electrons. The summed E-state index contributed by atoms with van der Waals surface area (Å²) in [4.78, 5) is -0.613. The first-order valence-corrected chi connectivity index (χ1v) is 9.21. The van der Waals surface area contributed by atoms with Gasteiger partial charge < -0.3 is 15.5 Å². The molecule has 0 fully saturated rings. The Morgan fingerprint density at radius 2 is 2.00 bits per heavy atom. The zero-order chi connectivity index (χ0) is 20.2. The molecule has 0 atom stereocenters. The van der Waals surface area contributed by atoms with Crippen LogP contribution in [0.15, 0.2) is 75.7 Å². The standard InChI is InChI=1S/C18H19N3O5S/c1-4-5-6-15(11(2)22)20-21-17-16(27(24,25)26)10-12-9-13(19-3)7-8-14(12)18(17)23/h4-10,19,22-23H,2H2,1,3H3,(H,24,25,26)/b5-4-,15-6+,21-20?. The van der Waals surface area contributed by atoms with Crippen LogP contribution >= 0.6 is 0 Å². The number of nitrogens with zero attached hydrogens (tertiary/aromatic N) is 2. The van der Waals surface area contributed by atoms with Crippen molar-refractivity contribution in [2.75, 3.05) is 12.4 Å². The van der Waals surface area contributed by atoms with E-state index < -0.39 is 32.2 Å². The largest absolute Gasteiger partial charge is 0.506 e. The second-order valence-corrected chi connectivity index (χ2v) is 6.85. The second-order valence-electron chi connectivity index (χ2n) is 5.46. The highest BCUT2D eigenvalue weighted by Crippen LogP contribution is 2.41. The minimum Gasteiger partial charge on any atom is -0.506 e. The van der Waals surface area contributed by atoms with Gasteiger partial charge in [0.1, 0.15) is 22.0 Å². The molecule has 0 spiro atoms. The predicted molar refractivity (Wildman–Crippen MR) is 104 cm³/mol. The summed E-state index contributed by atoms with van der Waals surface area (Å²) in [6.45, 7) is 5.09. The number of nitrogens with one attached hydrogen (secondary N) is 1. The zero-order valence-electron chi connectivity index (χ0n) is 14.7. The number of aromatic hydroxyl groups is 1. The first-order valence-electron chi connectivity index (χ1n) is 7.77. The second kappa shape index (κ2) is 8.02. The number of aliphatic hydroxyl groups is 1. The predicted octanol–water partition coefficient (Wildman–Crippen LogP) is 4.45. The van der Waals surface area contributed by atoms with Gasteiger partial charge >= 0.3 is 0 Å². The van der Waals surface area contributed by atoms with E-state index in [2.05, 4.69) is 22.1 Å². The molecule has 0 bridgehead atoms. The van der Waals surface area contributed by atoms with Crippen molar-refractivity contribution in [3.8, 4) is 5.75 Å². The Bertz CT molecular complexity index is 1090. The summed E-state index contributed by atoms with van der Waals surface area (Å²) in [6, 6.07) is 6.05. The Labute approximate surface area is 156 Å². The summed E-state index contributed by atoms with van der Waals surface area (Å²) < 4.78 is 33.1. The van der Waals surface area contributed by atoms with Gasteiger partial charge in [0.25, 0.3) is 10.1 Å². The summed E-state index contributed by atoms with van der Waals surface area (Å²) >= 11 is 0. The van der Waals surface area contributed by atoms with E-state index in [1.54, 1.807) is 44.3 Å². The lowest BCUT2D eigenvalue weighted by Gasteiger charge is -2.10. The Balaban J connectivity index is 2.76. The lowest BCUT2D eigenvalue weighted by molar-refractivity contribution is 0.423. The van der Waals surface area contributed by atoms with Crippen molar-refractivity contribution < 1.29 is 23.2 Å². The van der Waals surface area contributed by atoms with Crippen LogP contribution in [0.3, 0.4) is 0 Å². The number of fused-ring (bicyclic) bond motifs is 1. The molecule has 27 heavy (non-hydrogen) atoms. The van der Waals surface area contributed by atoms with Gasteiger partial charge in [0.05, 0.1) is 0 Å². The summed E-state index contributed by atoms with van der Waals surface area (Å²) in [6.07, 6.45) is 4.64. The SMILES string of the molecule is C=C(O)/C(=C\C=C/C)N=Nc1c(S(=O)(=O)O)cc2cc(NC)ccc2c1O. The van der Waals surface area contributed by atoms with E-state index >= 15 is 0 Å². The molecule has 0 aliphatic carbocycles. The Kier molecular flexibility index (Phi) is 5.98. The molecule has 0 unspecified atom stereocenters. The molecule has 0 saturated carbocycles. The van der Waals surface area contributed by atoms with Crippen LogP contribution in [0.5, 0.6) is 5.75 Å². The van der Waals surface area contributed by atoms with E-state index in [1.807, 2.05) is 0 Å². The lowest BCUT2D eigenvalue weighted by Crippen LogP contribution is -1.99. The molecule has 2 rings (SSSR count). The fourth-order valence-corrected chi connectivity index (χ4v) is 2.94. The number of anilines is 1. The molecule has 9 heteroatoms. The molecule has 2 aromatic carbocycles. The van der Waals surface area contributed by atoms with Crippen molar-refractivity contribution in [2.24, 2.45) is 10.2 Å².